The SMILES string of the molecule is Cc1cc(N2CCN(C(=O)C3COc4ccccc4C3)CC2)nc(C(C)C)n1. The molecule has 1 aromatic heterocycles. The number of para-hydroxylation sites is 1. The van der Waals surface area contributed by atoms with Crippen molar-refractivity contribution < 1.29 is 9.53 Å². The third-order valence-corrected chi connectivity index (χ3v) is 5.52. The summed E-state index contributed by atoms with van der Waals surface area (Å²) in [6.45, 7) is 9.73. The second-order valence-electron chi connectivity index (χ2n) is 8.01. The molecule has 2 aliphatic rings. The van der Waals surface area contributed by atoms with E-state index in [-0.39, 0.29) is 11.8 Å². The van der Waals surface area contributed by atoms with Crippen molar-refractivity contribution in [3.63, 3.8) is 0 Å². The summed E-state index contributed by atoms with van der Waals surface area (Å²) in [6.07, 6.45) is 0.762. The van der Waals surface area contributed by atoms with Gasteiger partial charge in [0, 0.05) is 43.9 Å². The molecule has 6 heteroatoms. The molecule has 0 radical (unpaired) electrons. The van der Waals surface area contributed by atoms with Crippen molar-refractivity contribution in [3.8, 4) is 5.75 Å². The molecule has 0 aliphatic carbocycles. The Labute approximate surface area is 166 Å². The van der Waals surface area contributed by atoms with Crippen LogP contribution in [0.15, 0.2) is 30.3 Å². The summed E-state index contributed by atoms with van der Waals surface area (Å²) in [7, 11) is 0. The number of piperazine rings is 1. The van der Waals surface area contributed by atoms with Crippen molar-refractivity contribution in [1.29, 1.82) is 0 Å². The Morgan fingerprint density at radius 1 is 1.14 bits per heavy atom. The molecule has 1 saturated heterocycles. The van der Waals surface area contributed by atoms with Crippen molar-refractivity contribution in [1.82, 2.24) is 14.9 Å². The largest absolute Gasteiger partial charge is 0.492 e. The van der Waals surface area contributed by atoms with E-state index >= 15 is 0 Å². The fourth-order valence-electron chi connectivity index (χ4n) is 3.90. The predicted molar refractivity (Wildman–Crippen MR) is 109 cm³/mol. The van der Waals surface area contributed by atoms with E-state index in [0.717, 1.165) is 61.2 Å². The quantitative estimate of drug-likeness (QED) is 0.820. The zero-order valence-corrected chi connectivity index (χ0v) is 16.9. The van der Waals surface area contributed by atoms with Crippen LogP contribution in [-0.2, 0) is 11.2 Å². The normalized spacial score (nSPS) is 19.4. The number of fused-ring (bicyclic) bond motifs is 1. The van der Waals surface area contributed by atoms with Gasteiger partial charge in [-0.15, -0.1) is 0 Å². The number of hydrogen-bond donors (Lipinski definition) is 0. The van der Waals surface area contributed by atoms with E-state index in [2.05, 4.69) is 29.8 Å². The van der Waals surface area contributed by atoms with Gasteiger partial charge >= 0.3 is 0 Å². The number of rotatable bonds is 3. The van der Waals surface area contributed by atoms with Crippen molar-refractivity contribution in [2.24, 2.45) is 5.92 Å². The maximum absolute atomic E-state index is 13.0. The lowest BCUT2D eigenvalue weighted by Gasteiger charge is -2.38. The first-order chi connectivity index (χ1) is 13.5. The van der Waals surface area contributed by atoms with Gasteiger partial charge in [0.2, 0.25) is 5.91 Å². The summed E-state index contributed by atoms with van der Waals surface area (Å²) < 4.78 is 5.81. The van der Waals surface area contributed by atoms with Gasteiger partial charge in [0.05, 0.1) is 5.92 Å². The highest BCUT2D eigenvalue weighted by Gasteiger charge is 2.31. The number of carbonyl (C=O) groups is 1. The highest BCUT2D eigenvalue weighted by atomic mass is 16.5. The van der Waals surface area contributed by atoms with Gasteiger partial charge in [0.1, 0.15) is 24.0 Å². The average Bonchev–Trinajstić information content (AvgIpc) is 2.72. The topological polar surface area (TPSA) is 58.6 Å². The van der Waals surface area contributed by atoms with Crippen LogP contribution >= 0.6 is 0 Å². The second kappa shape index (κ2) is 7.78. The number of carbonyl (C=O) groups excluding carboxylic acids is 1. The Kier molecular flexibility index (Phi) is 5.20. The van der Waals surface area contributed by atoms with E-state index in [1.54, 1.807) is 0 Å². The molecule has 2 aliphatic heterocycles. The van der Waals surface area contributed by atoms with Gasteiger partial charge in [-0.1, -0.05) is 32.0 Å². The lowest BCUT2D eigenvalue weighted by molar-refractivity contribution is -0.137. The molecule has 0 N–H and O–H groups in total. The summed E-state index contributed by atoms with van der Waals surface area (Å²) in [5, 5.41) is 0. The molecule has 28 heavy (non-hydrogen) atoms. The van der Waals surface area contributed by atoms with Crippen LogP contribution in [0.2, 0.25) is 0 Å². The first-order valence-electron chi connectivity index (χ1n) is 10.1. The third kappa shape index (κ3) is 3.81. The number of hydrogen-bond acceptors (Lipinski definition) is 5. The van der Waals surface area contributed by atoms with Gasteiger partial charge in [-0.25, -0.2) is 9.97 Å². The molecule has 2 aromatic rings. The smallest absolute Gasteiger partial charge is 0.229 e. The average molecular weight is 380 g/mol. The fraction of sp³-hybridized carbons (Fsp3) is 0.500. The van der Waals surface area contributed by atoms with Gasteiger partial charge in [-0.05, 0) is 25.0 Å². The Balaban J connectivity index is 1.39. The third-order valence-electron chi connectivity index (χ3n) is 5.52. The number of amides is 1. The first-order valence-corrected chi connectivity index (χ1v) is 10.1. The zero-order valence-electron chi connectivity index (χ0n) is 16.9. The highest BCUT2D eigenvalue weighted by molar-refractivity contribution is 5.80. The van der Waals surface area contributed by atoms with Gasteiger partial charge in [0.25, 0.3) is 0 Å². The van der Waals surface area contributed by atoms with Crippen LogP contribution in [0.4, 0.5) is 5.82 Å². The minimum absolute atomic E-state index is 0.0877. The molecule has 4 rings (SSSR count). The summed E-state index contributed by atoms with van der Waals surface area (Å²) in [5.74, 6) is 3.18. The lowest BCUT2D eigenvalue weighted by Crippen LogP contribution is -2.52. The van der Waals surface area contributed by atoms with Gasteiger partial charge < -0.3 is 14.5 Å². The van der Waals surface area contributed by atoms with E-state index < -0.39 is 0 Å². The number of benzene rings is 1. The minimum Gasteiger partial charge on any atom is -0.492 e. The van der Waals surface area contributed by atoms with Crippen molar-refractivity contribution >= 4 is 11.7 Å². The van der Waals surface area contributed by atoms with Gasteiger partial charge in [0.15, 0.2) is 0 Å². The van der Waals surface area contributed by atoms with Crippen LogP contribution in [-0.4, -0.2) is 53.6 Å². The molecular formula is C22H28N4O2. The number of ether oxygens (including phenoxy) is 1. The molecule has 1 amide bonds. The first kappa shape index (κ1) is 18.7. The van der Waals surface area contributed by atoms with E-state index in [4.69, 9.17) is 9.72 Å². The van der Waals surface area contributed by atoms with E-state index in [9.17, 15) is 4.79 Å². The molecule has 1 unspecified atom stereocenters. The Bertz CT molecular complexity index is 859. The fourth-order valence-corrected chi connectivity index (χ4v) is 3.90. The van der Waals surface area contributed by atoms with Crippen molar-refractivity contribution in [3.05, 3.63) is 47.4 Å². The number of anilines is 1. The van der Waals surface area contributed by atoms with Crippen LogP contribution < -0.4 is 9.64 Å². The Hall–Kier alpha value is -2.63. The number of nitrogens with zero attached hydrogens (tertiary/aromatic N) is 4. The van der Waals surface area contributed by atoms with Gasteiger partial charge in [-0.3, -0.25) is 4.79 Å². The molecule has 148 valence electrons. The van der Waals surface area contributed by atoms with Crippen LogP contribution in [0.3, 0.4) is 0 Å². The molecule has 6 nitrogen and oxygen atoms in total. The molecular weight excluding hydrogens is 352 g/mol. The molecule has 3 heterocycles. The van der Waals surface area contributed by atoms with E-state index in [1.165, 1.54) is 0 Å². The van der Waals surface area contributed by atoms with Crippen LogP contribution in [0.25, 0.3) is 0 Å². The molecule has 1 atom stereocenters. The van der Waals surface area contributed by atoms with Crippen LogP contribution in [0, 0.1) is 12.8 Å². The summed E-state index contributed by atoms with van der Waals surface area (Å²) >= 11 is 0. The van der Waals surface area contributed by atoms with Crippen molar-refractivity contribution in [2.75, 3.05) is 37.7 Å². The minimum atomic E-state index is -0.0877. The maximum atomic E-state index is 13.0. The standard InChI is InChI=1S/C22H28N4O2/c1-15(2)21-23-16(3)12-20(24-21)25-8-10-26(11-9-25)22(27)18-13-17-6-4-5-7-19(17)28-14-18/h4-7,12,15,18H,8-11,13-14H2,1-3H3. The number of aromatic nitrogens is 2. The molecule has 1 aromatic carbocycles. The second-order valence-corrected chi connectivity index (χ2v) is 8.01. The number of aryl methyl sites for hydroxylation is 1. The van der Waals surface area contributed by atoms with E-state index in [0.29, 0.717) is 12.5 Å². The zero-order chi connectivity index (χ0) is 19.7. The predicted octanol–water partition coefficient (Wildman–Crippen LogP) is 2.81. The lowest BCUT2D eigenvalue weighted by atomic mass is 9.95. The Morgan fingerprint density at radius 2 is 1.89 bits per heavy atom. The summed E-state index contributed by atoms with van der Waals surface area (Å²) in [4.78, 5) is 26.5. The van der Waals surface area contributed by atoms with Crippen LogP contribution in [0.1, 0.15) is 36.8 Å². The summed E-state index contributed by atoms with van der Waals surface area (Å²) in [5.41, 5.74) is 2.12. The molecule has 0 spiro atoms. The summed E-state index contributed by atoms with van der Waals surface area (Å²) in [6, 6.07) is 10.0. The monoisotopic (exact) mass is 380 g/mol. The maximum Gasteiger partial charge on any atom is 0.229 e. The Morgan fingerprint density at radius 3 is 2.64 bits per heavy atom. The molecule has 0 saturated carbocycles. The highest BCUT2D eigenvalue weighted by Crippen LogP contribution is 2.28. The molecule has 1 fully saturated rings. The van der Waals surface area contributed by atoms with Gasteiger partial charge in [-0.2, -0.15) is 0 Å². The molecule has 0 bridgehead atoms. The van der Waals surface area contributed by atoms with E-state index in [1.807, 2.05) is 36.1 Å². The van der Waals surface area contributed by atoms with Crippen LogP contribution in [0.5, 0.6) is 5.75 Å². The van der Waals surface area contributed by atoms with Crippen molar-refractivity contribution in [2.45, 2.75) is 33.1 Å².